The summed E-state index contributed by atoms with van der Waals surface area (Å²) in [7, 11) is 0. The van der Waals surface area contributed by atoms with Crippen molar-refractivity contribution in [1.82, 2.24) is 0 Å². The van der Waals surface area contributed by atoms with Gasteiger partial charge in [0.2, 0.25) is 0 Å². The largest absolute Gasteiger partial charge is 0.462 e. The number of esters is 3. The summed E-state index contributed by atoms with van der Waals surface area (Å²) in [6, 6.07) is 0. The standard InChI is InChI=1S/C73H124O6/c1-4-7-10-13-16-19-22-25-28-30-32-34-35-36-37-39-40-42-45-48-51-54-57-60-63-66-72(75)78-69-70(68-77-71(74)65-62-59-56-53-50-47-44-27-24-21-18-15-12-9-6-3)79-73(76)67-64-61-58-55-52-49-46-43-41-38-33-31-29-26-23-20-17-14-11-8-5-2/h7-8,10-11,16-17,19-20,25-26,28-29,32-34,38,43,46,70H,4-6,9,12-15,18,21-24,27,30-31,35-37,39-42,44-45,47-69H2,1-3H3/b10-7-,11-8-,19-16-,20-17-,28-25-,29-26-,34-32-,38-33-,46-43-. The molecule has 0 bridgehead atoms. The molecule has 0 saturated carbocycles. The van der Waals surface area contributed by atoms with Gasteiger partial charge in [-0.1, -0.05) is 304 Å². The molecule has 0 aromatic heterocycles. The van der Waals surface area contributed by atoms with Crippen molar-refractivity contribution in [2.24, 2.45) is 0 Å². The molecule has 0 aliphatic heterocycles. The summed E-state index contributed by atoms with van der Waals surface area (Å²) in [4.78, 5) is 38.4. The highest BCUT2D eigenvalue weighted by Crippen LogP contribution is 2.17. The second kappa shape index (κ2) is 66.6. The van der Waals surface area contributed by atoms with E-state index in [0.29, 0.717) is 19.3 Å². The molecule has 0 saturated heterocycles. The summed E-state index contributed by atoms with van der Waals surface area (Å²) in [6.45, 7) is 6.43. The summed E-state index contributed by atoms with van der Waals surface area (Å²) < 4.78 is 17.0. The third-order valence-electron chi connectivity index (χ3n) is 14.3. The van der Waals surface area contributed by atoms with E-state index in [0.717, 1.165) is 135 Å². The summed E-state index contributed by atoms with van der Waals surface area (Å²) >= 11 is 0. The van der Waals surface area contributed by atoms with Gasteiger partial charge in [0.1, 0.15) is 13.2 Å². The second-order valence-electron chi connectivity index (χ2n) is 22.0. The number of carbonyl (C=O) groups is 3. The Bertz CT molecular complexity index is 1590. The van der Waals surface area contributed by atoms with Crippen LogP contribution in [0.4, 0.5) is 0 Å². The van der Waals surface area contributed by atoms with E-state index in [9.17, 15) is 14.4 Å². The molecule has 0 spiro atoms. The molecule has 0 aliphatic carbocycles. The zero-order chi connectivity index (χ0) is 57.1. The van der Waals surface area contributed by atoms with E-state index in [1.807, 2.05) is 0 Å². The van der Waals surface area contributed by atoms with Crippen LogP contribution in [-0.2, 0) is 28.6 Å². The highest BCUT2D eigenvalue weighted by atomic mass is 16.6. The lowest BCUT2D eigenvalue weighted by Crippen LogP contribution is -2.30. The fourth-order valence-electron chi connectivity index (χ4n) is 9.35. The average molecular weight is 1100 g/mol. The SMILES string of the molecule is CC/C=C\C/C=C\C/C=C\C/C=C\C/C=C\CCCCCCCC(=O)OC(COC(=O)CCCCCCCCCCCCCC/C=C\C/C=C\C/C=C\C/C=C\CC)COC(=O)CCCCCCCCCCCCCCCCC. The van der Waals surface area contributed by atoms with E-state index in [-0.39, 0.29) is 31.1 Å². The lowest BCUT2D eigenvalue weighted by Gasteiger charge is -2.18. The molecule has 1 unspecified atom stereocenters. The molecule has 0 amide bonds. The van der Waals surface area contributed by atoms with Crippen molar-refractivity contribution in [3.8, 4) is 0 Å². The number of allylic oxidation sites excluding steroid dienone is 18. The Balaban J connectivity index is 4.37. The topological polar surface area (TPSA) is 78.9 Å². The van der Waals surface area contributed by atoms with Crippen LogP contribution in [0.5, 0.6) is 0 Å². The maximum absolute atomic E-state index is 12.9. The van der Waals surface area contributed by atoms with Crippen LogP contribution >= 0.6 is 0 Å². The molecule has 0 radical (unpaired) electrons. The van der Waals surface area contributed by atoms with E-state index in [2.05, 4.69) is 130 Å². The highest BCUT2D eigenvalue weighted by Gasteiger charge is 2.19. The van der Waals surface area contributed by atoms with Gasteiger partial charge in [0.15, 0.2) is 6.10 Å². The molecule has 1 atom stereocenters. The molecule has 0 aromatic rings. The van der Waals surface area contributed by atoms with Crippen molar-refractivity contribution in [3.63, 3.8) is 0 Å². The fourth-order valence-corrected chi connectivity index (χ4v) is 9.35. The predicted molar refractivity (Wildman–Crippen MR) is 343 cm³/mol. The Kier molecular flexibility index (Phi) is 63.3. The van der Waals surface area contributed by atoms with Gasteiger partial charge in [-0.05, 0) is 103 Å². The third kappa shape index (κ3) is 64.8. The van der Waals surface area contributed by atoms with Crippen LogP contribution in [0.25, 0.3) is 0 Å². The van der Waals surface area contributed by atoms with Crippen LogP contribution in [0.3, 0.4) is 0 Å². The molecule has 6 nitrogen and oxygen atoms in total. The Morgan fingerprint density at radius 2 is 0.494 bits per heavy atom. The van der Waals surface area contributed by atoms with Crippen molar-refractivity contribution in [1.29, 1.82) is 0 Å². The Hall–Kier alpha value is -3.93. The van der Waals surface area contributed by atoms with Crippen molar-refractivity contribution in [2.75, 3.05) is 13.2 Å². The molecule has 0 aromatic carbocycles. The van der Waals surface area contributed by atoms with Gasteiger partial charge in [-0.3, -0.25) is 14.4 Å². The summed E-state index contributed by atoms with van der Waals surface area (Å²) in [5, 5.41) is 0. The van der Waals surface area contributed by atoms with Gasteiger partial charge in [0.25, 0.3) is 0 Å². The maximum Gasteiger partial charge on any atom is 0.306 e. The number of unbranched alkanes of at least 4 members (excludes halogenated alkanes) is 31. The van der Waals surface area contributed by atoms with Gasteiger partial charge in [0, 0.05) is 19.3 Å². The first-order valence-electron chi connectivity index (χ1n) is 33.4. The van der Waals surface area contributed by atoms with Gasteiger partial charge in [-0.2, -0.15) is 0 Å². The van der Waals surface area contributed by atoms with E-state index >= 15 is 0 Å². The monoisotopic (exact) mass is 1100 g/mol. The molecule has 0 N–H and O–H groups in total. The summed E-state index contributed by atoms with van der Waals surface area (Å²) in [5.41, 5.74) is 0. The number of ether oxygens (including phenoxy) is 3. The maximum atomic E-state index is 12.9. The zero-order valence-corrected chi connectivity index (χ0v) is 51.9. The first kappa shape index (κ1) is 75.1. The van der Waals surface area contributed by atoms with E-state index < -0.39 is 6.10 Å². The van der Waals surface area contributed by atoms with Crippen molar-refractivity contribution >= 4 is 17.9 Å². The Morgan fingerprint density at radius 3 is 0.772 bits per heavy atom. The van der Waals surface area contributed by atoms with Gasteiger partial charge in [0.05, 0.1) is 0 Å². The van der Waals surface area contributed by atoms with Crippen LogP contribution in [0, 0.1) is 0 Å². The molecule has 0 aliphatic rings. The van der Waals surface area contributed by atoms with Gasteiger partial charge < -0.3 is 14.2 Å². The minimum atomic E-state index is -0.791. The van der Waals surface area contributed by atoms with Crippen LogP contribution in [0.2, 0.25) is 0 Å². The number of hydrogen-bond donors (Lipinski definition) is 0. The number of carbonyl (C=O) groups excluding carboxylic acids is 3. The van der Waals surface area contributed by atoms with Crippen LogP contribution in [-0.4, -0.2) is 37.2 Å². The quantitative estimate of drug-likeness (QED) is 0.0261. The average Bonchev–Trinajstić information content (AvgIpc) is 3.45. The zero-order valence-electron chi connectivity index (χ0n) is 51.9. The Labute approximate surface area is 489 Å². The number of hydrogen-bond acceptors (Lipinski definition) is 6. The normalized spacial score (nSPS) is 12.8. The van der Waals surface area contributed by atoms with Crippen molar-refractivity contribution < 1.29 is 28.6 Å². The molecular weight excluding hydrogens is 973 g/mol. The lowest BCUT2D eigenvalue weighted by atomic mass is 10.0. The van der Waals surface area contributed by atoms with Crippen molar-refractivity contribution in [2.45, 2.75) is 322 Å². The molecule has 0 fully saturated rings. The van der Waals surface area contributed by atoms with Gasteiger partial charge in [-0.15, -0.1) is 0 Å². The first-order valence-corrected chi connectivity index (χ1v) is 33.4. The lowest BCUT2D eigenvalue weighted by molar-refractivity contribution is -0.167. The Morgan fingerprint density at radius 1 is 0.266 bits per heavy atom. The first-order chi connectivity index (χ1) is 39.0. The van der Waals surface area contributed by atoms with Crippen molar-refractivity contribution in [3.05, 3.63) is 109 Å². The highest BCUT2D eigenvalue weighted by molar-refractivity contribution is 5.71. The minimum absolute atomic E-state index is 0.0843. The number of rotatable bonds is 60. The predicted octanol–water partition coefficient (Wildman–Crippen LogP) is 23.0. The molecule has 452 valence electrons. The molecule has 6 heteroatoms. The summed E-state index contributed by atoms with van der Waals surface area (Å²) in [6.07, 6.45) is 90.9. The molecule has 0 rings (SSSR count). The third-order valence-corrected chi connectivity index (χ3v) is 14.3. The second-order valence-corrected chi connectivity index (χ2v) is 22.0. The fraction of sp³-hybridized carbons (Fsp3) is 0.712. The molecular formula is C73H124O6. The van der Waals surface area contributed by atoms with E-state index in [1.54, 1.807) is 0 Å². The molecule has 0 heterocycles. The smallest absolute Gasteiger partial charge is 0.306 e. The van der Waals surface area contributed by atoms with E-state index in [1.165, 1.54) is 141 Å². The van der Waals surface area contributed by atoms with Crippen LogP contribution in [0.15, 0.2) is 109 Å². The van der Waals surface area contributed by atoms with Crippen LogP contribution < -0.4 is 0 Å². The van der Waals surface area contributed by atoms with Gasteiger partial charge in [-0.25, -0.2) is 0 Å². The van der Waals surface area contributed by atoms with Crippen LogP contribution in [0.1, 0.15) is 316 Å². The molecule has 79 heavy (non-hydrogen) atoms. The minimum Gasteiger partial charge on any atom is -0.462 e. The van der Waals surface area contributed by atoms with Gasteiger partial charge >= 0.3 is 17.9 Å². The summed E-state index contributed by atoms with van der Waals surface area (Å²) in [5.74, 6) is -0.893. The van der Waals surface area contributed by atoms with E-state index in [4.69, 9.17) is 14.2 Å².